The Morgan fingerprint density at radius 3 is 2.81 bits per heavy atom. The molecule has 106 valence electrons. The molecule has 1 aromatic heterocycles. The van der Waals surface area contributed by atoms with Crippen molar-refractivity contribution in [3.05, 3.63) is 59.9 Å². The summed E-state index contributed by atoms with van der Waals surface area (Å²) in [5, 5.41) is 10.0. The largest absolute Gasteiger partial charge is 0.329 e. The Morgan fingerprint density at radius 2 is 1.95 bits per heavy atom. The van der Waals surface area contributed by atoms with Crippen LogP contribution in [0.4, 0.5) is 0 Å². The van der Waals surface area contributed by atoms with E-state index < -0.39 is 0 Å². The number of fused-ring (bicyclic) bond motifs is 1. The zero-order valence-corrected chi connectivity index (χ0v) is 11.6. The maximum Gasteiger partial charge on any atom is 0.189 e. The molecule has 0 bridgehead atoms. The minimum atomic E-state index is -0.0328. The van der Waals surface area contributed by atoms with Gasteiger partial charge < -0.3 is 5.73 Å². The maximum atomic E-state index is 12.3. The lowest BCUT2D eigenvalue weighted by molar-refractivity contribution is 0.0988. The average Bonchev–Trinajstić information content (AvgIpc) is 2.97. The molecule has 0 spiro atoms. The molecule has 0 atom stereocenters. The number of benzene rings is 2. The number of ketones is 1. The monoisotopic (exact) mass is 280 g/mol. The third-order valence-corrected chi connectivity index (χ3v) is 3.41. The van der Waals surface area contributed by atoms with Gasteiger partial charge in [0.25, 0.3) is 0 Å². The van der Waals surface area contributed by atoms with Crippen LogP contribution in [-0.2, 0) is 13.0 Å². The first-order valence-electron chi connectivity index (χ1n) is 6.88. The number of rotatable bonds is 5. The van der Waals surface area contributed by atoms with Crippen molar-refractivity contribution >= 4 is 16.6 Å². The molecule has 5 nitrogen and oxygen atoms in total. The summed E-state index contributed by atoms with van der Waals surface area (Å²) in [6, 6.07) is 14.0. The first-order chi connectivity index (χ1) is 10.3. The fraction of sp³-hybridized carbons (Fsp3) is 0.188. The number of carbonyl (C=O) groups is 1. The van der Waals surface area contributed by atoms with Crippen molar-refractivity contribution in [1.29, 1.82) is 0 Å². The highest BCUT2D eigenvalue weighted by molar-refractivity contribution is 5.98. The highest BCUT2D eigenvalue weighted by atomic mass is 16.1. The van der Waals surface area contributed by atoms with E-state index in [9.17, 15) is 4.79 Å². The molecule has 1 heterocycles. The van der Waals surface area contributed by atoms with E-state index in [1.807, 2.05) is 42.5 Å². The van der Waals surface area contributed by atoms with Gasteiger partial charge in [-0.15, -0.1) is 5.10 Å². The van der Waals surface area contributed by atoms with Crippen molar-refractivity contribution in [2.24, 2.45) is 5.73 Å². The summed E-state index contributed by atoms with van der Waals surface area (Å²) in [5.41, 5.74) is 6.85. The van der Waals surface area contributed by atoms with Gasteiger partial charge in [-0.2, -0.15) is 0 Å². The van der Waals surface area contributed by atoms with Gasteiger partial charge in [0.15, 0.2) is 5.78 Å². The summed E-state index contributed by atoms with van der Waals surface area (Å²) in [5.74, 6) is -0.0328. The van der Waals surface area contributed by atoms with E-state index in [2.05, 4.69) is 10.3 Å². The summed E-state index contributed by atoms with van der Waals surface area (Å²) < 4.78 is 1.59. The number of hydrogen-bond acceptors (Lipinski definition) is 4. The fourth-order valence-electron chi connectivity index (χ4n) is 2.38. The minimum absolute atomic E-state index is 0.0328. The molecular formula is C16H16N4O. The van der Waals surface area contributed by atoms with Crippen molar-refractivity contribution in [3.8, 4) is 0 Å². The van der Waals surface area contributed by atoms with Crippen LogP contribution in [0.5, 0.6) is 0 Å². The molecular weight excluding hydrogens is 264 g/mol. The Kier molecular flexibility index (Phi) is 3.75. The Morgan fingerprint density at radius 1 is 1.14 bits per heavy atom. The van der Waals surface area contributed by atoms with E-state index in [-0.39, 0.29) is 5.78 Å². The maximum absolute atomic E-state index is 12.3. The molecule has 0 aliphatic rings. The van der Waals surface area contributed by atoms with Crippen LogP contribution >= 0.6 is 0 Å². The van der Waals surface area contributed by atoms with Gasteiger partial charge in [-0.05, 0) is 16.3 Å². The van der Waals surface area contributed by atoms with E-state index in [0.717, 1.165) is 16.3 Å². The van der Waals surface area contributed by atoms with E-state index in [1.54, 1.807) is 10.9 Å². The topological polar surface area (TPSA) is 73.8 Å². The van der Waals surface area contributed by atoms with Crippen LogP contribution < -0.4 is 5.73 Å². The lowest BCUT2D eigenvalue weighted by Gasteiger charge is -2.04. The zero-order valence-electron chi connectivity index (χ0n) is 11.6. The molecule has 0 fully saturated rings. The summed E-state index contributed by atoms with van der Waals surface area (Å²) in [7, 11) is 0. The van der Waals surface area contributed by atoms with Gasteiger partial charge >= 0.3 is 0 Å². The molecule has 0 saturated heterocycles. The Balaban J connectivity index is 1.85. The van der Waals surface area contributed by atoms with Gasteiger partial charge in [-0.3, -0.25) is 9.48 Å². The number of nitrogens with two attached hydrogens (primary N) is 1. The summed E-state index contributed by atoms with van der Waals surface area (Å²) in [6.07, 6.45) is 1.98. The smallest absolute Gasteiger partial charge is 0.189 e. The molecule has 3 rings (SSSR count). The van der Waals surface area contributed by atoms with Crippen molar-refractivity contribution in [2.45, 2.75) is 13.0 Å². The summed E-state index contributed by atoms with van der Waals surface area (Å²) in [6.45, 7) is 1.04. The summed E-state index contributed by atoms with van der Waals surface area (Å²) in [4.78, 5) is 12.3. The second-order valence-electron chi connectivity index (χ2n) is 4.89. The Labute approximate surface area is 122 Å². The third-order valence-electron chi connectivity index (χ3n) is 3.41. The Bertz CT molecular complexity index is 773. The van der Waals surface area contributed by atoms with Crippen LogP contribution in [0.25, 0.3) is 10.8 Å². The van der Waals surface area contributed by atoms with Gasteiger partial charge in [0, 0.05) is 13.0 Å². The lowest BCUT2D eigenvalue weighted by atomic mass is 10.00. The van der Waals surface area contributed by atoms with E-state index >= 15 is 0 Å². The normalized spacial score (nSPS) is 10.9. The van der Waals surface area contributed by atoms with E-state index in [4.69, 9.17) is 5.73 Å². The fourth-order valence-corrected chi connectivity index (χ4v) is 2.38. The molecule has 0 aliphatic carbocycles. The average molecular weight is 280 g/mol. The lowest BCUT2D eigenvalue weighted by Crippen LogP contribution is -2.10. The molecule has 2 aromatic carbocycles. The van der Waals surface area contributed by atoms with Gasteiger partial charge in [-0.25, -0.2) is 0 Å². The van der Waals surface area contributed by atoms with Crippen molar-refractivity contribution in [2.75, 3.05) is 6.54 Å². The molecule has 5 heteroatoms. The van der Waals surface area contributed by atoms with Gasteiger partial charge in [0.2, 0.25) is 0 Å². The highest BCUT2D eigenvalue weighted by Crippen LogP contribution is 2.19. The third kappa shape index (κ3) is 2.83. The van der Waals surface area contributed by atoms with Crippen molar-refractivity contribution in [1.82, 2.24) is 15.0 Å². The van der Waals surface area contributed by atoms with Crippen LogP contribution in [-0.4, -0.2) is 27.3 Å². The van der Waals surface area contributed by atoms with Crippen molar-refractivity contribution in [3.63, 3.8) is 0 Å². The van der Waals surface area contributed by atoms with Gasteiger partial charge in [0.1, 0.15) is 5.69 Å². The van der Waals surface area contributed by atoms with Crippen molar-refractivity contribution < 1.29 is 4.79 Å². The summed E-state index contributed by atoms with van der Waals surface area (Å²) >= 11 is 0. The second-order valence-corrected chi connectivity index (χ2v) is 4.89. The molecule has 0 saturated carbocycles. The number of aromatic nitrogens is 3. The molecule has 2 N–H and O–H groups in total. The Hall–Kier alpha value is -2.53. The van der Waals surface area contributed by atoms with Crippen LogP contribution in [0.2, 0.25) is 0 Å². The van der Waals surface area contributed by atoms with Crippen LogP contribution in [0.15, 0.2) is 48.7 Å². The molecule has 0 amide bonds. The number of nitrogens with zero attached hydrogens (tertiary/aromatic N) is 3. The molecule has 0 radical (unpaired) electrons. The van der Waals surface area contributed by atoms with Crippen LogP contribution in [0.3, 0.4) is 0 Å². The molecule has 0 aliphatic heterocycles. The predicted molar refractivity (Wildman–Crippen MR) is 81.1 cm³/mol. The first-order valence-corrected chi connectivity index (χ1v) is 6.88. The number of carbonyl (C=O) groups excluding carboxylic acids is 1. The highest BCUT2D eigenvalue weighted by Gasteiger charge is 2.13. The molecule has 3 aromatic rings. The SMILES string of the molecule is NCCn1cc(C(=O)Cc2cccc3ccccc23)nn1. The standard InChI is InChI=1S/C16H16N4O/c17-8-9-20-11-15(18-19-20)16(21)10-13-6-3-5-12-4-1-2-7-14(12)13/h1-7,11H,8-10,17H2. The predicted octanol–water partition coefficient (Wildman–Crippen LogP) is 1.82. The first kappa shape index (κ1) is 13.5. The van der Waals surface area contributed by atoms with E-state index in [1.165, 1.54) is 0 Å². The number of hydrogen-bond donors (Lipinski definition) is 1. The van der Waals surface area contributed by atoms with Gasteiger partial charge in [-0.1, -0.05) is 47.7 Å². The second kappa shape index (κ2) is 5.85. The number of Topliss-reactive ketones (excluding diaryl/α,β-unsaturated/α-hetero) is 1. The minimum Gasteiger partial charge on any atom is -0.329 e. The zero-order chi connectivity index (χ0) is 14.7. The molecule has 0 unspecified atom stereocenters. The quantitative estimate of drug-likeness (QED) is 0.723. The van der Waals surface area contributed by atoms with Gasteiger partial charge in [0.05, 0.1) is 12.7 Å². The van der Waals surface area contributed by atoms with E-state index in [0.29, 0.717) is 25.2 Å². The van der Waals surface area contributed by atoms with Crippen LogP contribution in [0.1, 0.15) is 16.1 Å². The van der Waals surface area contributed by atoms with Crippen LogP contribution in [0, 0.1) is 0 Å². The molecule has 21 heavy (non-hydrogen) atoms.